The van der Waals surface area contributed by atoms with Crippen molar-refractivity contribution in [1.29, 1.82) is 0 Å². The van der Waals surface area contributed by atoms with Crippen LogP contribution in [-0.4, -0.2) is 26.4 Å². The molecule has 4 N–H and O–H groups in total. The maximum absolute atomic E-state index is 11.5. The quantitative estimate of drug-likeness (QED) is 0.213. The third-order valence-electron chi connectivity index (χ3n) is 3.02. The predicted octanol–water partition coefficient (Wildman–Crippen LogP) is 0.549. The lowest BCUT2D eigenvalue weighted by atomic mass is 10.2. The first-order valence-corrected chi connectivity index (χ1v) is 7.50. The molecule has 0 aromatic carbocycles. The first kappa shape index (κ1) is 14.1. The summed E-state index contributed by atoms with van der Waals surface area (Å²) in [6.07, 6.45) is 5.41. The van der Waals surface area contributed by atoms with Crippen molar-refractivity contribution in [3.63, 3.8) is 0 Å². The van der Waals surface area contributed by atoms with Gasteiger partial charge in [0.05, 0.1) is 0 Å². The molecule has 1 aromatic rings. The zero-order valence-corrected chi connectivity index (χ0v) is 11.5. The van der Waals surface area contributed by atoms with Gasteiger partial charge in [0.2, 0.25) is 5.91 Å². The van der Waals surface area contributed by atoms with Gasteiger partial charge in [-0.25, -0.2) is 15.7 Å². The number of nitrogens with one attached hydrogen (secondary N) is 2. The minimum absolute atomic E-state index is 0.107. The summed E-state index contributed by atoms with van der Waals surface area (Å²) in [5.74, 6) is 5.78. The Morgan fingerprint density at radius 3 is 2.95 bits per heavy atom. The molecule has 1 saturated carbocycles. The van der Waals surface area contributed by atoms with Gasteiger partial charge in [-0.15, -0.1) is 5.10 Å². The van der Waals surface area contributed by atoms with E-state index in [0.29, 0.717) is 12.5 Å². The smallest absolute Gasteiger partial charge is 0.294 e. The molecule has 0 bridgehead atoms. The number of rotatable bonds is 8. The Morgan fingerprint density at radius 2 is 2.26 bits per heavy atom. The minimum Gasteiger partial charge on any atom is -0.294 e. The molecule has 0 aliphatic heterocycles. The van der Waals surface area contributed by atoms with Crippen molar-refractivity contribution >= 4 is 17.7 Å². The van der Waals surface area contributed by atoms with Crippen LogP contribution in [0, 0.1) is 0 Å². The van der Waals surface area contributed by atoms with E-state index in [1.165, 1.54) is 0 Å². The summed E-state index contributed by atoms with van der Waals surface area (Å²) in [6, 6.07) is 0.349. The molecule has 0 atom stereocenters. The molecule has 0 unspecified atom stereocenters. The summed E-state index contributed by atoms with van der Waals surface area (Å²) in [7, 11) is 0. The Balaban J connectivity index is 1.66. The number of hydrazine groups is 1. The molecule has 1 aromatic heterocycles. The number of carbonyl (C=O) groups excluding carboxylic acids is 1. The van der Waals surface area contributed by atoms with Crippen molar-refractivity contribution in [2.24, 2.45) is 5.84 Å². The average molecular weight is 285 g/mol. The van der Waals surface area contributed by atoms with E-state index in [2.05, 4.69) is 15.6 Å². The second-order valence-corrected chi connectivity index (χ2v) is 5.70. The van der Waals surface area contributed by atoms with Gasteiger partial charge in [0, 0.05) is 18.2 Å². The minimum atomic E-state index is -0.123. The van der Waals surface area contributed by atoms with Gasteiger partial charge in [0.25, 0.3) is 0 Å². The molecule has 1 aliphatic rings. The Bertz CT molecular complexity index is 480. The second-order valence-electron chi connectivity index (χ2n) is 4.64. The number of hydrogen-bond donors (Lipinski definition) is 3. The largest absolute Gasteiger partial charge is 0.344 e. The molecule has 1 fully saturated rings. The molecule has 0 saturated heterocycles. The molecule has 19 heavy (non-hydrogen) atoms. The van der Waals surface area contributed by atoms with E-state index in [1.807, 2.05) is 0 Å². The van der Waals surface area contributed by atoms with Gasteiger partial charge in [0.15, 0.2) is 5.16 Å². The average Bonchev–Trinajstić information content (AvgIpc) is 3.18. The van der Waals surface area contributed by atoms with E-state index in [4.69, 9.17) is 5.84 Å². The molecule has 0 spiro atoms. The zero-order valence-electron chi connectivity index (χ0n) is 10.7. The maximum Gasteiger partial charge on any atom is 0.344 e. The van der Waals surface area contributed by atoms with Crippen molar-refractivity contribution in [3.8, 4) is 0 Å². The summed E-state index contributed by atoms with van der Waals surface area (Å²) < 4.78 is 1.76. The molecule has 1 amide bonds. The van der Waals surface area contributed by atoms with Crippen LogP contribution in [-0.2, 0) is 4.79 Å². The van der Waals surface area contributed by atoms with Crippen LogP contribution < -0.4 is 17.0 Å². The lowest BCUT2D eigenvalue weighted by Crippen LogP contribution is -2.29. The van der Waals surface area contributed by atoms with Gasteiger partial charge in [-0.2, -0.15) is 0 Å². The fraction of sp³-hybridized carbons (Fsp3) is 0.727. The predicted molar refractivity (Wildman–Crippen MR) is 72.6 cm³/mol. The normalized spacial score (nSPS) is 14.6. The van der Waals surface area contributed by atoms with E-state index in [9.17, 15) is 9.59 Å². The Morgan fingerprint density at radius 1 is 1.47 bits per heavy atom. The van der Waals surface area contributed by atoms with Crippen LogP contribution in [0.2, 0.25) is 0 Å². The summed E-state index contributed by atoms with van der Waals surface area (Å²) in [6.45, 7) is 0. The van der Waals surface area contributed by atoms with Crippen molar-refractivity contribution in [2.45, 2.75) is 49.7 Å². The Hall–Kier alpha value is -1.28. The van der Waals surface area contributed by atoms with Crippen LogP contribution in [0.1, 0.15) is 44.6 Å². The topological polar surface area (TPSA) is 106 Å². The lowest BCUT2D eigenvalue weighted by Gasteiger charge is -2.03. The van der Waals surface area contributed by atoms with E-state index in [1.54, 1.807) is 16.3 Å². The molecule has 8 heteroatoms. The number of carbonyl (C=O) groups is 1. The molecule has 7 nitrogen and oxygen atoms in total. The number of thioether (sulfide) groups is 1. The molecule has 1 heterocycles. The maximum atomic E-state index is 11.5. The highest BCUT2D eigenvalue weighted by molar-refractivity contribution is 7.99. The number of nitrogens with zero attached hydrogens (tertiary/aromatic N) is 2. The van der Waals surface area contributed by atoms with E-state index < -0.39 is 0 Å². The molecule has 1 aliphatic carbocycles. The van der Waals surface area contributed by atoms with Crippen LogP contribution in [0.25, 0.3) is 0 Å². The standard InChI is InChI=1S/C11H19N5O2S/c12-13-9(17)4-2-1-3-7-19-11-15-14-10(18)16(11)8-5-6-8/h8H,1-7,12H2,(H,13,17)(H,14,18). The van der Waals surface area contributed by atoms with Gasteiger partial charge in [-0.1, -0.05) is 18.2 Å². The first-order chi connectivity index (χ1) is 9.22. The molecular formula is C11H19N5O2S. The van der Waals surface area contributed by atoms with Crippen molar-refractivity contribution in [3.05, 3.63) is 10.5 Å². The van der Waals surface area contributed by atoms with E-state index in [-0.39, 0.29) is 11.6 Å². The van der Waals surface area contributed by atoms with Gasteiger partial charge in [-0.3, -0.25) is 14.8 Å². The van der Waals surface area contributed by atoms with E-state index >= 15 is 0 Å². The fourth-order valence-corrected chi connectivity index (χ4v) is 2.86. The highest BCUT2D eigenvalue weighted by Crippen LogP contribution is 2.36. The Kier molecular flexibility index (Phi) is 5.03. The van der Waals surface area contributed by atoms with Crippen LogP contribution in [0.15, 0.2) is 9.95 Å². The van der Waals surface area contributed by atoms with Crippen LogP contribution in [0.3, 0.4) is 0 Å². The SMILES string of the molecule is NNC(=O)CCCCCSc1n[nH]c(=O)n1C1CC1. The van der Waals surface area contributed by atoms with Gasteiger partial charge in [-0.05, 0) is 25.7 Å². The van der Waals surface area contributed by atoms with Crippen LogP contribution >= 0.6 is 11.8 Å². The number of aromatic nitrogens is 3. The summed E-state index contributed by atoms with van der Waals surface area (Å²) in [5.41, 5.74) is 2.01. The number of amides is 1. The lowest BCUT2D eigenvalue weighted by molar-refractivity contribution is -0.121. The fourth-order valence-electron chi connectivity index (χ4n) is 1.85. The molecule has 106 valence electrons. The monoisotopic (exact) mass is 285 g/mol. The number of unbranched alkanes of at least 4 members (excludes halogenated alkanes) is 2. The number of aromatic amines is 1. The summed E-state index contributed by atoms with van der Waals surface area (Å²) in [4.78, 5) is 22.4. The van der Waals surface area contributed by atoms with Crippen molar-refractivity contribution in [1.82, 2.24) is 20.2 Å². The zero-order chi connectivity index (χ0) is 13.7. The highest BCUT2D eigenvalue weighted by Gasteiger charge is 2.28. The number of nitrogens with two attached hydrogens (primary N) is 1. The van der Waals surface area contributed by atoms with Gasteiger partial charge in [0.1, 0.15) is 0 Å². The van der Waals surface area contributed by atoms with Crippen molar-refractivity contribution in [2.75, 3.05) is 5.75 Å². The third-order valence-corrected chi connectivity index (χ3v) is 4.06. The second kappa shape index (κ2) is 6.76. The Labute approximate surface area is 115 Å². The van der Waals surface area contributed by atoms with Gasteiger partial charge >= 0.3 is 5.69 Å². The molecule has 2 rings (SSSR count). The van der Waals surface area contributed by atoms with E-state index in [0.717, 1.165) is 43.0 Å². The van der Waals surface area contributed by atoms with Gasteiger partial charge < -0.3 is 0 Å². The number of H-pyrrole nitrogens is 1. The van der Waals surface area contributed by atoms with Crippen LogP contribution in [0.4, 0.5) is 0 Å². The molecular weight excluding hydrogens is 266 g/mol. The summed E-state index contributed by atoms with van der Waals surface area (Å²) in [5, 5.41) is 7.33. The van der Waals surface area contributed by atoms with Crippen LogP contribution in [0.5, 0.6) is 0 Å². The highest BCUT2D eigenvalue weighted by atomic mass is 32.2. The molecule has 0 radical (unpaired) electrons. The first-order valence-electron chi connectivity index (χ1n) is 6.51. The number of hydrogen-bond acceptors (Lipinski definition) is 5. The van der Waals surface area contributed by atoms with Crippen molar-refractivity contribution < 1.29 is 4.79 Å². The summed E-state index contributed by atoms with van der Waals surface area (Å²) >= 11 is 1.60. The third kappa shape index (κ3) is 4.10.